The lowest BCUT2D eigenvalue weighted by atomic mass is 10.0. The van der Waals surface area contributed by atoms with Crippen molar-refractivity contribution >= 4 is 23.8 Å². The third-order valence-electron chi connectivity index (χ3n) is 4.54. The van der Waals surface area contributed by atoms with Crippen LogP contribution in [0.25, 0.3) is 0 Å². The Morgan fingerprint density at radius 2 is 1.88 bits per heavy atom. The number of carbonyl (C=O) groups is 2. The molecule has 150 valence electrons. The van der Waals surface area contributed by atoms with E-state index >= 15 is 0 Å². The lowest BCUT2D eigenvalue weighted by Crippen LogP contribution is -2.52. The first-order chi connectivity index (χ1) is 12.3. The van der Waals surface area contributed by atoms with Gasteiger partial charge in [-0.1, -0.05) is 6.42 Å². The van der Waals surface area contributed by atoms with Crippen molar-refractivity contribution in [3.05, 3.63) is 0 Å². The molecule has 0 radical (unpaired) electrons. The van der Waals surface area contributed by atoms with E-state index < -0.39 is 30.6 Å². The van der Waals surface area contributed by atoms with Gasteiger partial charge in [-0.25, -0.2) is 4.79 Å². The molecule has 3 saturated heterocycles. The Morgan fingerprint density at radius 1 is 1.15 bits per heavy atom. The molecule has 3 aliphatic heterocycles. The highest BCUT2D eigenvalue weighted by Crippen LogP contribution is 2.33. The van der Waals surface area contributed by atoms with Gasteiger partial charge in [0.1, 0.15) is 18.3 Å². The molecule has 10 nitrogen and oxygen atoms in total. The topological polar surface area (TPSA) is 169 Å². The zero-order valence-electron chi connectivity index (χ0n) is 14.2. The summed E-state index contributed by atoms with van der Waals surface area (Å²) in [7, 11) is 0. The van der Waals surface area contributed by atoms with Crippen LogP contribution >= 0.6 is 11.8 Å². The van der Waals surface area contributed by atoms with Crippen molar-refractivity contribution in [2.24, 2.45) is 0 Å². The van der Waals surface area contributed by atoms with Crippen LogP contribution in [-0.4, -0.2) is 91.8 Å². The largest absolute Gasteiger partial charge is 0.481 e. The third-order valence-corrected chi connectivity index (χ3v) is 6.05. The van der Waals surface area contributed by atoms with E-state index in [1.807, 2.05) is 11.8 Å². The number of carboxylic acids is 1. The van der Waals surface area contributed by atoms with E-state index in [-0.39, 0.29) is 31.1 Å². The zero-order chi connectivity index (χ0) is 19.3. The Bertz CT molecular complexity index is 482. The molecule has 0 bridgehead atoms. The third kappa shape index (κ3) is 5.69. The van der Waals surface area contributed by atoms with Gasteiger partial charge in [0, 0.05) is 17.4 Å². The van der Waals surface area contributed by atoms with Gasteiger partial charge in [-0.2, -0.15) is 11.8 Å². The number of aliphatic carboxylic acids is 1. The van der Waals surface area contributed by atoms with Gasteiger partial charge >= 0.3 is 12.0 Å². The van der Waals surface area contributed by atoms with Crippen molar-refractivity contribution < 1.29 is 39.9 Å². The number of rotatable bonds is 5. The van der Waals surface area contributed by atoms with Crippen LogP contribution in [0.2, 0.25) is 0 Å². The molecule has 3 fully saturated rings. The second-order valence-corrected chi connectivity index (χ2v) is 7.81. The van der Waals surface area contributed by atoms with Crippen LogP contribution in [0.4, 0.5) is 4.79 Å². The number of amides is 2. The standard InChI is InChI=1S/C10H16N2O3S.C5H10O5/c13-8(14)4-2-1-3-7-9-6(5-16-7)11-10(15)12-9;6-2-1-10-5(9)4(8)3(2)7/h6-7,9H,1-5H2,(H,13,14)(H2,11,12,15);2-9H,1H2/t6-,7-,9-;2-,3+,4-,5?/m01/s1. The normalized spacial score (nSPS) is 38.6. The van der Waals surface area contributed by atoms with Gasteiger partial charge in [-0.05, 0) is 12.8 Å². The van der Waals surface area contributed by atoms with E-state index in [1.54, 1.807) is 0 Å². The molecule has 0 aromatic heterocycles. The second-order valence-electron chi connectivity index (χ2n) is 6.53. The average molecular weight is 394 g/mol. The summed E-state index contributed by atoms with van der Waals surface area (Å²) in [6.07, 6.45) is -2.35. The average Bonchev–Trinajstić information content (AvgIpc) is 3.13. The molecule has 0 aromatic rings. The van der Waals surface area contributed by atoms with Crippen LogP contribution < -0.4 is 10.6 Å². The van der Waals surface area contributed by atoms with Gasteiger partial charge in [0.25, 0.3) is 0 Å². The minimum Gasteiger partial charge on any atom is -0.481 e. The van der Waals surface area contributed by atoms with Gasteiger partial charge in [-0.15, -0.1) is 0 Å². The quantitative estimate of drug-likeness (QED) is 0.210. The Morgan fingerprint density at radius 3 is 2.54 bits per heavy atom. The fraction of sp³-hybridized carbons (Fsp3) is 0.867. The minimum absolute atomic E-state index is 0.0640. The summed E-state index contributed by atoms with van der Waals surface area (Å²) in [4.78, 5) is 21.5. The molecular formula is C15H26N2O8S. The predicted octanol–water partition coefficient (Wildman–Crippen LogP) is -1.79. The molecule has 3 heterocycles. The van der Waals surface area contributed by atoms with Crippen LogP contribution in [0.3, 0.4) is 0 Å². The number of hydrogen-bond acceptors (Lipinski definition) is 8. The van der Waals surface area contributed by atoms with Crippen molar-refractivity contribution in [2.75, 3.05) is 12.4 Å². The number of carbonyl (C=O) groups excluding carboxylic acids is 1. The smallest absolute Gasteiger partial charge is 0.315 e. The molecule has 0 saturated carbocycles. The maximum atomic E-state index is 11.1. The molecule has 1 unspecified atom stereocenters. The Hall–Kier alpha value is -1.11. The molecule has 0 spiro atoms. The molecule has 0 aliphatic carbocycles. The first kappa shape index (κ1) is 21.2. The number of carboxylic acid groups (broad SMARTS) is 1. The van der Waals surface area contributed by atoms with Crippen LogP contribution in [0.1, 0.15) is 25.7 Å². The first-order valence-corrected chi connectivity index (χ1v) is 9.58. The van der Waals surface area contributed by atoms with E-state index in [4.69, 9.17) is 25.5 Å². The lowest BCUT2D eigenvalue weighted by Gasteiger charge is -2.31. The lowest BCUT2D eigenvalue weighted by molar-refractivity contribution is -0.252. The Kier molecular flexibility index (Phi) is 7.92. The van der Waals surface area contributed by atoms with Crippen LogP contribution in [-0.2, 0) is 9.53 Å². The number of fused-ring (bicyclic) bond motifs is 1. The highest BCUT2D eigenvalue weighted by atomic mass is 32.2. The van der Waals surface area contributed by atoms with E-state index in [0.29, 0.717) is 5.25 Å². The number of aliphatic hydroxyl groups is 4. The number of thioether (sulfide) groups is 1. The summed E-state index contributed by atoms with van der Waals surface area (Å²) in [6, 6.07) is 0.440. The Balaban J connectivity index is 0.000000209. The number of aliphatic hydroxyl groups excluding tert-OH is 4. The monoisotopic (exact) mass is 394 g/mol. The maximum absolute atomic E-state index is 11.1. The second kappa shape index (κ2) is 9.72. The Labute approximate surface area is 154 Å². The van der Waals surface area contributed by atoms with Gasteiger partial charge in [0.15, 0.2) is 6.29 Å². The maximum Gasteiger partial charge on any atom is 0.315 e. The summed E-state index contributed by atoms with van der Waals surface area (Å²) < 4.78 is 4.47. The van der Waals surface area contributed by atoms with Crippen LogP contribution in [0, 0.1) is 0 Å². The number of hydrogen-bond donors (Lipinski definition) is 7. The van der Waals surface area contributed by atoms with Crippen LogP contribution in [0.5, 0.6) is 0 Å². The summed E-state index contributed by atoms with van der Waals surface area (Å²) in [5.74, 6) is 0.236. The zero-order valence-corrected chi connectivity index (χ0v) is 15.0. The predicted molar refractivity (Wildman–Crippen MR) is 91.6 cm³/mol. The number of unbranched alkanes of at least 4 members (excludes halogenated alkanes) is 1. The molecule has 26 heavy (non-hydrogen) atoms. The van der Waals surface area contributed by atoms with Gasteiger partial charge in [-0.3, -0.25) is 4.79 Å². The molecule has 11 heteroatoms. The van der Waals surface area contributed by atoms with E-state index in [2.05, 4.69) is 15.4 Å². The van der Waals surface area contributed by atoms with Gasteiger partial charge in [0.05, 0.1) is 18.7 Å². The minimum atomic E-state index is -1.41. The van der Waals surface area contributed by atoms with Gasteiger partial charge < -0.3 is 40.9 Å². The number of nitrogens with one attached hydrogen (secondary N) is 2. The van der Waals surface area contributed by atoms with Crippen LogP contribution in [0.15, 0.2) is 0 Å². The molecule has 2 amide bonds. The van der Waals surface area contributed by atoms with E-state index in [0.717, 1.165) is 25.0 Å². The SMILES string of the molecule is O=C(O)CCCC[C@@H]1SC[C@@H]2NC(=O)N[C@@H]21.OC1OC[C@@H](O)[C@H](O)[C@H]1O. The van der Waals surface area contributed by atoms with Gasteiger partial charge in [0.2, 0.25) is 0 Å². The van der Waals surface area contributed by atoms with E-state index in [1.165, 1.54) is 0 Å². The molecule has 3 rings (SSSR count). The molecule has 7 atom stereocenters. The molecular weight excluding hydrogens is 368 g/mol. The van der Waals surface area contributed by atoms with Crippen molar-refractivity contribution in [3.63, 3.8) is 0 Å². The number of urea groups is 1. The summed E-state index contributed by atoms with van der Waals surface area (Å²) in [5.41, 5.74) is 0. The molecule has 7 N–H and O–H groups in total. The van der Waals surface area contributed by atoms with Crippen molar-refractivity contribution in [2.45, 2.75) is 67.6 Å². The first-order valence-electron chi connectivity index (χ1n) is 8.54. The van der Waals surface area contributed by atoms with Crippen molar-refractivity contribution in [1.82, 2.24) is 10.6 Å². The summed E-state index contributed by atoms with van der Waals surface area (Å²) in [6.45, 7) is -0.153. The highest BCUT2D eigenvalue weighted by Gasteiger charge is 2.42. The summed E-state index contributed by atoms with van der Waals surface area (Å²) in [5, 5.41) is 50.0. The molecule has 3 aliphatic rings. The highest BCUT2D eigenvalue weighted by molar-refractivity contribution is 8.00. The van der Waals surface area contributed by atoms with E-state index in [9.17, 15) is 9.59 Å². The van der Waals surface area contributed by atoms with Crippen molar-refractivity contribution in [1.29, 1.82) is 0 Å². The number of ether oxygens (including phenoxy) is 1. The fourth-order valence-electron chi connectivity index (χ4n) is 3.06. The van der Waals surface area contributed by atoms with Crippen molar-refractivity contribution in [3.8, 4) is 0 Å². The fourth-order valence-corrected chi connectivity index (χ4v) is 4.60. The summed E-state index contributed by atoms with van der Waals surface area (Å²) >= 11 is 1.87. The molecule has 0 aromatic carbocycles.